The number of benzene rings is 1. The Hall–Kier alpha value is -2.77. The van der Waals surface area contributed by atoms with Crippen molar-refractivity contribution in [3.8, 4) is 11.4 Å². The van der Waals surface area contributed by atoms with Gasteiger partial charge in [-0.2, -0.15) is 4.98 Å². The Morgan fingerprint density at radius 2 is 2.04 bits per heavy atom. The zero-order valence-corrected chi connectivity index (χ0v) is 16.0. The van der Waals surface area contributed by atoms with Crippen molar-refractivity contribution >= 4 is 35.1 Å². The normalized spacial score (nSPS) is 16.2. The monoisotopic (exact) mass is 403 g/mol. The third-order valence-corrected chi connectivity index (χ3v) is 4.87. The molecule has 138 valence electrons. The predicted molar refractivity (Wildman–Crippen MR) is 103 cm³/mol. The van der Waals surface area contributed by atoms with Gasteiger partial charge in [0.2, 0.25) is 11.9 Å². The SMILES string of the molecule is CC1=C(C(N)=O)C(c2ccc(C)o2)n2nc(-c3ccc(Cl)cc3Cl)nc2N1. The lowest BCUT2D eigenvalue weighted by Gasteiger charge is -2.25. The average molecular weight is 404 g/mol. The first kappa shape index (κ1) is 17.6. The molecule has 0 spiro atoms. The second-order valence-corrected chi connectivity index (χ2v) is 7.05. The minimum absolute atomic E-state index is 0.357. The van der Waals surface area contributed by atoms with Crippen LogP contribution in [-0.2, 0) is 4.79 Å². The highest BCUT2D eigenvalue weighted by molar-refractivity contribution is 6.36. The number of nitrogens with zero attached hydrogens (tertiary/aromatic N) is 3. The van der Waals surface area contributed by atoms with Gasteiger partial charge in [-0.15, -0.1) is 5.10 Å². The maximum absolute atomic E-state index is 12.1. The molecule has 1 amide bonds. The Morgan fingerprint density at radius 3 is 2.67 bits per heavy atom. The third-order valence-electron chi connectivity index (χ3n) is 4.32. The number of nitrogens with one attached hydrogen (secondary N) is 1. The van der Waals surface area contributed by atoms with E-state index in [0.717, 1.165) is 0 Å². The fraction of sp³-hybridized carbons (Fsp3) is 0.167. The van der Waals surface area contributed by atoms with Crippen LogP contribution in [0.4, 0.5) is 5.95 Å². The molecule has 0 fully saturated rings. The summed E-state index contributed by atoms with van der Waals surface area (Å²) in [6, 6.07) is 8.06. The number of carbonyl (C=O) groups is 1. The minimum Gasteiger partial charge on any atom is -0.464 e. The van der Waals surface area contributed by atoms with Gasteiger partial charge in [-0.1, -0.05) is 23.2 Å². The Kier molecular flexibility index (Phi) is 4.20. The van der Waals surface area contributed by atoms with E-state index in [1.165, 1.54) is 0 Å². The van der Waals surface area contributed by atoms with Crippen molar-refractivity contribution in [3.63, 3.8) is 0 Å². The lowest BCUT2D eigenvalue weighted by Crippen LogP contribution is -2.31. The van der Waals surface area contributed by atoms with Gasteiger partial charge < -0.3 is 15.5 Å². The van der Waals surface area contributed by atoms with E-state index in [2.05, 4.69) is 15.4 Å². The van der Waals surface area contributed by atoms with Crippen molar-refractivity contribution in [2.45, 2.75) is 19.9 Å². The molecule has 1 atom stereocenters. The molecule has 0 radical (unpaired) electrons. The molecule has 3 heterocycles. The number of allylic oxidation sites excluding steroid dienone is 1. The van der Waals surface area contributed by atoms with E-state index in [1.807, 2.05) is 13.0 Å². The standard InChI is InChI=1S/C18H15Cl2N5O2/c1-8-3-6-13(27-8)15-14(16(21)26)9(2)22-18-23-17(24-25(15)18)11-5-4-10(19)7-12(11)20/h3-7,15H,1-2H3,(H2,21,26)(H,22,23,24). The van der Waals surface area contributed by atoms with Gasteiger partial charge in [0, 0.05) is 16.3 Å². The number of aromatic nitrogens is 3. The molecule has 3 aromatic rings. The molecule has 7 nitrogen and oxygen atoms in total. The number of carbonyl (C=O) groups excluding carboxylic acids is 1. The topological polar surface area (TPSA) is 99.0 Å². The fourth-order valence-electron chi connectivity index (χ4n) is 3.12. The van der Waals surface area contributed by atoms with Crippen LogP contribution in [0.3, 0.4) is 0 Å². The molecular formula is C18H15Cl2N5O2. The Labute approximate surface area is 164 Å². The lowest BCUT2D eigenvalue weighted by atomic mass is 10.0. The van der Waals surface area contributed by atoms with Crippen LogP contribution in [0.2, 0.25) is 10.0 Å². The summed E-state index contributed by atoms with van der Waals surface area (Å²) < 4.78 is 7.34. The number of anilines is 1. The minimum atomic E-state index is -0.625. The van der Waals surface area contributed by atoms with Crippen molar-refractivity contribution in [1.29, 1.82) is 0 Å². The molecule has 1 aliphatic heterocycles. The highest BCUT2D eigenvalue weighted by Crippen LogP contribution is 2.37. The number of furan rings is 1. The molecule has 27 heavy (non-hydrogen) atoms. The van der Waals surface area contributed by atoms with E-state index in [-0.39, 0.29) is 0 Å². The van der Waals surface area contributed by atoms with Gasteiger partial charge in [-0.25, -0.2) is 4.68 Å². The molecule has 3 N–H and O–H groups in total. The van der Waals surface area contributed by atoms with Gasteiger partial charge >= 0.3 is 0 Å². The number of nitrogens with two attached hydrogens (primary N) is 1. The van der Waals surface area contributed by atoms with E-state index in [1.54, 1.807) is 35.9 Å². The first-order chi connectivity index (χ1) is 12.8. The Balaban J connectivity index is 1.89. The molecule has 0 saturated heterocycles. The van der Waals surface area contributed by atoms with Crippen molar-refractivity contribution in [3.05, 3.63) is 63.2 Å². The zero-order valence-electron chi connectivity index (χ0n) is 14.5. The fourth-order valence-corrected chi connectivity index (χ4v) is 3.61. The van der Waals surface area contributed by atoms with Crippen LogP contribution in [0.1, 0.15) is 24.5 Å². The van der Waals surface area contributed by atoms with Crippen LogP contribution in [-0.4, -0.2) is 20.7 Å². The van der Waals surface area contributed by atoms with Crippen molar-refractivity contribution < 1.29 is 9.21 Å². The van der Waals surface area contributed by atoms with E-state index in [0.29, 0.717) is 50.2 Å². The van der Waals surface area contributed by atoms with Crippen LogP contribution in [0.5, 0.6) is 0 Å². The van der Waals surface area contributed by atoms with E-state index < -0.39 is 11.9 Å². The van der Waals surface area contributed by atoms with Crippen molar-refractivity contribution in [2.75, 3.05) is 5.32 Å². The molecule has 1 aliphatic rings. The molecule has 0 saturated carbocycles. The number of hydrogen-bond acceptors (Lipinski definition) is 5. The summed E-state index contributed by atoms with van der Waals surface area (Å²) in [7, 11) is 0. The van der Waals surface area contributed by atoms with E-state index in [9.17, 15) is 4.79 Å². The summed E-state index contributed by atoms with van der Waals surface area (Å²) in [5.41, 5.74) is 7.20. The van der Waals surface area contributed by atoms with Gasteiger partial charge in [0.05, 0.1) is 10.6 Å². The number of aryl methyl sites for hydroxylation is 1. The maximum Gasteiger partial charge on any atom is 0.249 e. The van der Waals surface area contributed by atoms with Gasteiger partial charge in [-0.3, -0.25) is 4.79 Å². The molecule has 2 aromatic heterocycles. The van der Waals surface area contributed by atoms with E-state index in [4.69, 9.17) is 33.4 Å². The second-order valence-electron chi connectivity index (χ2n) is 6.21. The zero-order chi connectivity index (χ0) is 19.3. The quantitative estimate of drug-likeness (QED) is 0.689. The largest absolute Gasteiger partial charge is 0.464 e. The third kappa shape index (κ3) is 2.98. The predicted octanol–water partition coefficient (Wildman–Crippen LogP) is 3.93. The Bertz CT molecular complexity index is 1100. The molecule has 1 aromatic carbocycles. The summed E-state index contributed by atoms with van der Waals surface area (Å²) in [4.78, 5) is 16.6. The van der Waals surface area contributed by atoms with Crippen LogP contribution in [0.15, 0.2) is 46.0 Å². The van der Waals surface area contributed by atoms with Gasteiger partial charge in [0.25, 0.3) is 0 Å². The molecule has 4 rings (SSSR count). The first-order valence-electron chi connectivity index (χ1n) is 8.11. The summed E-state index contributed by atoms with van der Waals surface area (Å²) >= 11 is 12.3. The number of amides is 1. The van der Waals surface area contributed by atoms with Crippen molar-refractivity contribution in [2.24, 2.45) is 5.73 Å². The average Bonchev–Trinajstić information content (AvgIpc) is 3.19. The number of halogens is 2. The lowest BCUT2D eigenvalue weighted by molar-refractivity contribution is -0.115. The highest BCUT2D eigenvalue weighted by Gasteiger charge is 2.35. The summed E-state index contributed by atoms with van der Waals surface area (Å²) in [5.74, 6) is 1.55. The van der Waals surface area contributed by atoms with Crippen LogP contribution < -0.4 is 11.1 Å². The summed E-state index contributed by atoms with van der Waals surface area (Å²) in [6.45, 7) is 3.59. The number of rotatable bonds is 3. The molecule has 0 bridgehead atoms. The highest BCUT2D eigenvalue weighted by atomic mass is 35.5. The van der Waals surface area contributed by atoms with Crippen LogP contribution >= 0.6 is 23.2 Å². The molecular weight excluding hydrogens is 389 g/mol. The van der Waals surface area contributed by atoms with Gasteiger partial charge in [0.15, 0.2) is 5.82 Å². The second kappa shape index (κ2) is 6.44. The molecule has 1 unspecified atom stereocenters. The summed E-state index contributed by atoms with van der Waals surface area (Å²) in [6.07, 6.45) is 0. The van der Waals surface area contributed by atoms with Crippen molar-refractivity contribution in [1.82, 2.24) is 14.8 Å². The van der Waals surface area contributed by atoms with Crippen LogP contribution in [0.25, 0.3) is 11.4 Å². The number of fused-ring (bicyclic) bond motifs is 1. The Morgan fingerprint density at radius 1 is 1.26 bits per heavy atom. The summed E-state index contributed by atoms with van der Waals surface area (Å²) in [5, 5.41) is 8.58. The molecule has 0 aliphatic carbocycles. The smallest absolute Gasteiger partial charge is 0.249 e. The van der Waals surface area contributed by atoms with E-state index >= 15 is 0 Å². The number of primary amides is 1. The maximum atomic E-state index is 12.1. The van der Waals surface area contributed by atoms with Crippen LogP contribution in [0, 0.1) is 6.92 Å². The van der Waals surface area contributed by atoms with Gasteiger partial charge in [-0.05, 0) is 44.2 Å². The first-order valence-corrected chi connectivity index (χ1v) is 8.86. The molecule has 9 heteroatoms. The number of hydrogen-bond donors (Lipinski definition) is 2. The van der Waals surface area contributed by atoms with Gasteiger partial charge in [0.1, 0.15) is 17.6 Å².